The van der Waals surface area contributed by atoms with Crippen LogP contribution in [0.1, 0.15) is 40.2 Å². The maximum atomic E-state index is 13.5. The van der Waals surface area contributed by atoms with E-state index in [0.29, 0.717) is 17.5 Å². The molecular weight excluding hydrogens is 512 g/mol. The molecular formula is C22H17F6N5O2S. The summed E-state index contributed by atoms with van der Waals surface area (Å²) in [5, 5.41) is 10.2. The third-order valence-electron chi connectivity index (χ3n) is 5.05. The van der Waals surface area contributed by atoms with Gasteiger partial charge in [-0.15, -0.1) is 0 Å². The lowest BCUT2D eigenvalue weighted by atomic mass is 9.98. The second-order valence-corrected chi connectivity index (χ2v) is 7.43. The van der Waals surface area contributed by atoms with Crippen molar-refractivity contribution in [3.8, 4) is 11.4 Å². The number of alkyl halides is 6. The largest absolute Gasteiger partial charge is 0.416 e. The molecule has 0 aliphatic carbocycles. The molecule has 4 rings (SSSR count). The monoisotopic (exact) mass is 529 g/mol. The number of rotatable bonds is 5. The number of benzene rings is 1. The molecule has 7 nitrogen and oxygen atoms in total. The molecule has 0 saturated heterocycles. The topological polar surface area (TPSA) is 85.8 Å². The van der Waals surface area contributed by atoms with Crippen molar-refractivity contribution >= 4 is 25.1 Å². The van der Waals surface area contributed by atoms with Crippen molar-refractivity contribution in [2.45, 2.75) is 25.3 Å². The molecule has 0 bridgehead atoms. The molecule has 3 aromatic heterocycles. The van der Waals surface area contributed by atoms with Gasteiger partial charge in [-0.25, -0.2) is 0 Å². The molecule has 36 heavy (non-hydrogen) atoms. The van der Waals surface area contributed by atoms with E-state index in [1.807, 2.05) is 0 Å². The molecule has 0 fully saturated rings. The number of anilines is 1. The summed E-state index contributed by atoms with van der Waals surface area (Å²) in [4.78, 5) is 16.6. The van der Waals surface area contributed by atoms with Gasteiger partial charge in [0.25, 0.3) is 5.91 Å². The number of nitrogens with zero attached hydrogens (tertiary/aromatic N) is 4. The van der Waals surface area contributed by atoms with E-state index in [1.54, 1.807) is 24.4 Å². The lowest BCUT2D eigenvalue weighted by Crippen LogP contribution is -2.17. The molecule has 4 aromatic rings. The van der Waals surface area contributed by atoms with E-state index in [-0.39, 0.29) is 31.0 Å². The van der Waals surface area contributed by atoms with E-state index in [4.69, 9.17) is 4.52 Å². The van der Waals surface area contributed by atoms with Gasteiger partial charge in [-0.3, -0.25) is 14.5 Å². The number of hydrogen-bond acceptors (Lipinski definition) is 5. The molecule has 0 radical (unpaired) electrons. The van der Waals surface area contributed by atoms with Gasteiger partial charge in [0, 0.05) is 18.5 Å². The van der Waals surface area contributed by atoms with Crippen molar-refractivity contribution in [3.05, 3.63) is 83.5 Å². The van der Waals surface area contributed by atoms with Crippen LogP contribution in [-0.4, -0.2) is 25.8 Å². The van der Waals surface area contributed by atoms with E-state index in [1.165, 1.54) is 25.4 Å². The predicted molar refractivity (Wildman–Crippen MR) is 121 cm³/mol. The Bertz CT molecular complexity index is 1350. The fourth-order valence-corrected chi connectivity index (χ4v) is 3.31. The molecule has 0 saturated carbocycles. The van der Waals surface area contributed by atoms with Crippen LogP contribution in [-0.2, 0) is 12.4 Å². The van der Waals surface area contributed by atoms with E-state index in [0.717, 1.165) is 10.7 Å². The number of hydrogen-bond donors (Lipinski definition) is 1. The summed E-state index contributed by atoms with van der Waals surface area (Å²) in [6.45, 7) is 1.34. The fourth-order valence-electron chi connectivity index (χ4n) is 3.31. The molecule has 0 aliphatic rings. The van der Waals surface area contributed by atoms with Crippen molar-refractivity contribution in [3.63, 3.8) is 0 Å². The first kappa shape index (κ1) is 26.8. The summed E-state index contributed by atoms with van der Waals surface area (Å²) in [5.74, 6) is -0.842. The van der Waals surface area contributed by atoms with Gasteiger partial charge in [0.15, 0.2) is 0 Å². The standard InChI is InChI=1S/C22H15F6N5O2.H2S/c1-12(15-6-5-13(21(23,24)25)8-16(15)22(26,27)28)33-11-14(10-30-33)31-20(34)19-9-18(32-35-19)17-4-2-3-7-29-17;/h2-12H,1H3,(H,31,34);1H2/t12-;/m0./s1. The van der Waals surface area contributed by atoms with Crippen molar-refractivity contribution in [1.29, 1.82) is 0 Å². The zero-order valence-electron chi connectivity index (χ0n) is 18.2. The van der Waals surface area contributed by atoms with Gasteiger partial charge >= 0.3 is 12.4 Å². The van der Waals surface area contributed by atoms with Gasteiger partial charge < -0.3 is 9.84 Å². The summed E-state index contributed by atoms with van der Waals surface area (Å²) in [5.41, 5.74) is -2.33. The number of pyridine rings is 1. The molecule has 0 spiro atoms. The third kappa shape index (κ3) is 5.70. The number of amides is 1. The minimum atomic E-state index is -5.02. The quantitative estimate of drug-likeness (QED) is 0.323. The average Bonchev–Trinajstić information content (AvgIpc) is 3.48. The number of carbonyl (C=O) groups excluding carboxylic acids is 1. The van der Waals surface area contributed by atoms with Gasteiger partial charge in [-0.1, -0.05) is 17.3 Å². The van der Waals surface area contributed by atoms with Crippen LogP contribution in [0.25, 0.3) is 11.4 Å². The first-order chi connectivity index (χ1) is 16.4. The Hall–Kier alpha value is -3.81. The van der Waals surface area contributed by atoms with Gasteiger partial charge in [0.05, 0.1) is 34.7 Å². The average molecular weight is 529 g/mol. The minimum absolute atomic E-state index is 0. The van der Waals surface area contributed by atoms with Gasteiger partial charge in [0.2, 0.25) is 5.76 Å². The van der Waals surface area contributed by atoms with Gasteiger partial charge in [-0.05, 0) is 36.8 Å². The smallest absolute Gasteiger partial charge is 0.350 e. The van der Waals surface area contributed by atoms with Gasteiger partial charge in [-0.2, -0.15) is 44.9 Å². The summed E-state index contributed by atoms with van der Waals surface area (Å²) in [6, 6.07) is 6.79. The summed E-state index contributed by atoms with van der Waals surface area (Å²) in [7, 11) is 0. The molecule has 3 heterocycles. The third-order valence-corrected chi connectivity index (χ3v) is 5.05. The van der Waals surface area contributed by atoms with Crippen LogP contribution in [0.3, 0.4) is 0 Å². The lowest BCUT2D eigenvalue weighted by molar-refractivity contribution is -0.143. The Morgan fingerprint density at radius 2 is 1.78 bits per heavy atom. The van der Waals surface area contributed by atoms with Gasteiger partial charge in [0.1, 0.15) is 5.69 Å². The zero-order chi connectivity index (χ0) is 25.4. The molecule has 0 unspecified atom stereocenters. The maximum Gasteiger partial charge on any atom is 0.416 e. The van der Waals surface area contributed by atoms with Crippen molar-refractivity contribution in [2.24, 2.45) is 0 Å². The highest BCUT2D eigenvalue weighted by Gasteiger charge is 2.39. The number of aromatic nitrogens is 4. The van der Waals surface area contributed by atoms with E-state index in [9.17, 15) is 31.1 Å². The Balaban J connectivity index is 0.00000361. The highest BCUT2D eigenvalue weighted by atomic mass is 32.1. The highest BCUT2D eigenvalue weighted by Crippen LogP contribution is 2.39. The summed E-state index contributed by atoms with van der Waals surface area (Å²) in [6.07, 6.45) is -5.98. The first-order valence-corrected chi connectivity index (χ1v) is 9.95. The number of halogens is 6. The Labute approximate surface area is 206 Å². The molecule has 1 atom stereocenters. The van der Waals surface area contributed by atoms with Crippen LogP contribution in [0.2, 0.25) is 0 Å². The van der Waals surface area contributed by atoms with Crippen LogP contribution >= 0.6 is 13.5 Å². The zero-order valence-corrected chi connectivity index (χ0v) is 19.2. The number of nitrogens with one attached hydrogen (secondary N) is 1. The van der Waals surface area contributed by atoms with E-state index >= 15 is 0 Å². The highest BCUT2D eigenvalue weighted by molar-refractivity contribution is 7.59. The molecule has 1 amide bonds. The van der Waals surface area contributed by atoms with Crippen molar-refractivity contribution < 1.29 is 35.7 Å². The molecule has 14 heteroatoms. The van der Waals surface area contributed by atoms with Crippen LogP contribution in [0.4, 0.5) is 32.0 Å². The van der Waals surface area contributed by atoms with Crippen molar-refractivity contribution in [2.75, 3.05) is 5.32 Å². The van der Waals surface area contributed by atoms with E-state index < -0.39 is 41.0 Å². The maximum absolute atomic E-state index is 13.5. The Kier molecular flexibility index (Phi) is 7.48. The second-order valence-electron chi connectivity index (χ2n) is 7.43. The predicted octanol–water partition coefficient (Wildman–Crippen LogP) is 5.95. The van der Waals surface area contributed by atoms with Crippen LogP contribution in [0, 0.1) is 0 Å². The SMILES string of the molecule is C[C@@H](c1ccc(C(F)(F)F)cc1C(F)(F)F)n1cc(NC(=O)c2cc(-c3ccccn3)no2)cn1.S. The Morgan fingerprint density at radius 1 is 1.03 bits per heavy atom. The minimum Gasteiger partial charge on any atom is -0.350 e. The molecule has 1 N–H and O–H groups in total. The fraction of sp³-hybridized carbons (Fsp3) is 0.182. The molecule has 0 aliphatic heterocycles. The Morgan fingerprint density at radius 3 is 2.42 bits per heavy atom. The normalized spacial score (nSPS) is 12.6. The van der Waals surface area contributed by atoms with Crippen LogP contribution in [0.15, 0.2) is 65.6 Å². The van der Waals surface area contributed by atoms with Crippen LogP contribution in [0.5, 0.6) is 0 Å². The van der Waals surface area contributed by atoms with E-state index in [2.05, 4.69) is 20.6 Å². The lowest BCUT2D eigenvalue weighted by Gasteiger charge is -2.20. The van der Waals surface area contributed by atoms with Crippen LogP contribution < -0.4 is 5.32 Å². The first-order valence-electron chi connectivity index (χ1n) is 9.95. The number of carbonyl (C=O) groups is 1. The molecule has 190 valence electrons. The second kappa shape index (κ2) is 10.0. The summed E-state index contributed by atoms with van der Waals surface area (Å²) >= 11 is 0. The van der Waals surface area contributed by atoms with Crippen molar-refractivity contribution in [1.82, 2.24) is 19.9 Å². The molecule has 1 aromatic carbocycles. The summed E-state index contributed by atoms with van der Waals surface area (Å²) < 4.78 is 85.4.